The van der Waals surface area contributed by atoms with Gasteiger partial charge < -0.3 is 4.74 Å². The lowest BCUT2D eigenvalue weighted by atomic mass is 9.73. The Morgan fingerprint density at radius 2 is 1.95 bits per heavy atom. The monoisotopic (exact) mass is 295 g/mol. The highest BCUT2D eigenvalue weighted by molar-refractivity contribution is 6.29. The molecule has 1 fully saturated rings. The average molecular weight is 296 g/mol. The molecule has 0 unspecified atom stereocenters. The number of benzene rings is 1. The highest BCUT2D eigenvalue weighted by atomic mass is 35.5. The third-order valence-corrected chi connectivity index (χ3v) is 4.18. The van der Waals surface area contributed by atoms with Crippen molar-refractivity contribution in [1.82, 2.24) is 4.90 Å². The Kier molecular flexibility index (Phi) is 4.65. The smallest absolute Gasteiger partial charge is 0.410 e. The Morgan fingerprint density at radius 3 is 2.45 bits per heavy atom. The highest BCUT2D eigenvalue weighted by Gasteiger charge is 2.49. The van der Waals surface area contributed by atoms with Crippen LogP contribution in [0.25, 0.3) is 0 Å². The van der Waals surface area contributed by atoms with Crippen LogP contribution in [-0.2, 0) is 16.1 Å². The van der Waals surface area contributed by atoms with Gasteiger partial charge in [0.05, 0.1) is 5.88 Å². The van der Waals surface area contributed by atoms with Crippen LogP contribution in [0.4, 0.5) is 4.79 Å². The molecule has 0 radical (unpaired) electrons. The normalized spacial score (nSPS) is 16.1. The fourth-order valence-corrected chi connectivity index (χ4v) is 2.68. The van der Waals surface area contributed by atoms with E-state index in [1.807, 2.05) is 30.3 Å². The summed E-state index contributed by atoms with van der Waals surface area (Å²) in [4.78, 5) is 25.4. The maximum atomic E-state index is 12.1. The minimum absolute atomic E-state index is 0.0731. The van der Waals surface area contributed by atoms with Gasteiger partial charge in [-0.05, 0) is 24.8 Å². The van der Waals surface area contributed by atoms with Gasteiger partial charge in [-0.25, -0.2) is 4.79 Å². The number of ketones is 1. The molecule has 2 rings (SSSR count). The van der Waals surface area contributed by atoms with Crippen molar-refractivity contribution in [3.05, 3.63) is 35.9 Å². The summed E-state index contributed by atoms with van der Waals surface area (Å²) < 4.78 is 5.26. The van der Waals surface area contributed by atoms with E-state index in [0.717, 1.165) is 12.0 Å². The number of likely N-dealkylation sites (N-methyl/N-ethyl adjacent to an activating group) is 1. The molecule has 0 aromatic heterocycles. The van der Waals surface area contributed by atoms with Gasteiger partial charge in [0, 0.05) is 7.05 Å². The number of alkyl halides is 1. The number of ether oxygens (including phenoxy) is 1. The van der Waals surface area contributed by atoms with Gasteiger partial charge in [0.2, 0.25) is 0 Å². The first kappa shape index (κ1) is 14.9. The highest BCUT2D eigenvalue weighted by Crippen LogP contribution is 2.38. The lowest BCUT2D eigenvalue weighted by Gasteiger charge is -2.46. The van der Waals surface area contributed by atoms with Crippen LogP contribution in [0.1, 0.15) is 24.8 Å². The van der Waals surface area contributed by atoms with Crippen LogP contribution in [0.2, 0.25) is 0 Å². The molecule has 0 heterocycles. The molecule has 1 aromatic rings. The van der Waals surface area contributed by atoms with Crippen LogP contribution in [0, 0.1) is 0 Å². The second kappa shape index (κ2) is 6.27. The van der Waals surface area contributed by atoms with Gasteiger partial charge in [-0.15, -0.1) is 11.6 Å². The number of Topliss-reactive ketones (excluding diaryl/α,β-unsaturated/α-hetero) is 1. The molecule has 1 saturated carbocycles. The lowest BCUT2D eigenvalue weighted by Crippen LogP contribution is -2.60. The summed E-state index contributed by atoms with van der Waals surface area (Å²) in [6.07, 6.45) is 1.77. The van der Waals surface area contributed by atoms with Gasteiger partial charge in [-0.2, -0.15) is 0 Å². The van der Waals surface area contributed by atoms with Crippen LogP contribution in [0.5, 0.6) is 0 Å². The van der Waals surface area contributed by atoms with Gasteiger partial charge in [0.25, 0.3) is 0 Å². The van der Waals surface area contributed by atoms with E-state index in [4.69, 9.17) is 16.3 Å². The van der Waals surface area contributed by atoms with Gasteiger partial charge >= 0.3 is 6.09 Å². The summed E-state index contributed by atoms with van der Waals surface area (Å²) in [6.45, 7) is 0.204. The van der Waals surface area contributed by atoms with Crippen molar-refractivity contribution in [3.8, 4) is 0 Å². The molecule has 1 aliphatic carbocycles. The standard InChI is InChI=1S/C15H18ClNO3/c1-17(15(8-5-9-15)13(18)10-16)14(19)20-11-12-6-3-2-4-7-12/h2-4,6-7H,5,8-11H2,1H3. The number of carbonyl (C=O) groups excluding carboxylic acids is 2. The summed E-state index contributed by atoms with van der Waals surface area (Å²) >= 11 is 5.64. The second-order valence-corrected chi connectivity index (χ2v) is 5.31. The van der Waals surface area contributed by atoms with Gasteiger partial charge in [-0.1, -0.05) is 30.3 Å². The number of halogens is 1. The molecule has 1 aliphatic rings. The Balaban J connectivity index is 1.96. The van der Waals surface area contributed by atoms with Gasteiger partial charge in [-0.3, -0.25) is 9.69 Å². The topological polar surface area (TPSA) is 46.6 Å². The van der Waals surface area contributed by atoms with Gasteiger partial charge in [0.15, 0.2) is 5.78 Å². The van der Waals surface area contributed by atoms with E-state index < -0.39 is 11.6 Å². The zero-order valence-corrected chi connectivity index (χ0v) is 12.2. The fourth-order valence-electron chi connectivity index (χ4n) is 2.43. The van der Waals surface area contributed by atoms with Crippen LogP contribution >= 0.6 is 11.6 Å². The maximum Gasteiger partial charge on any atom is 0.410 e. The third kappa shape index (κ3) is 2.80. The van der Waals surface area contributed by atoms with E-state index in [1.54, 1.807) is 7.05 Å². The van der Waals surface area contributed by atoms with Crippen molar-refractivity contribution in [3.63, 3.8) is 0 Å². The summed E-state index contributed by atoms with van der Waals surface area (Å²) in [5.74, 6) is -0.180. The molecule has 0 spiro atoms. The number of nitrogens with zero attached hydrogens (tertiary/aromatic N) is 1. The second-order valence-electron chi connectivity index (χ2n) is 5.04. The first-order chi connectivity index (χ1) is 9.60. The number of amides is 1. The SMILES string of the molecule is CN(C(=O)OCc1ccccc1)C1(C(=O)CCl)CCC1. The molecule has 20 heavy (non-hydrogen) atoms. The molecule has 108 valence electrons. The molecular formula is C15H18ClNO3. The van der Waals surface area contributed by atoms with Crippen molar-refractivity contribution in [2.75, 3.05) is 12.9 Å². The van der Waals surface area contributed by atoms with Crippen molar-refractivity contribution in [2.45, 2.75) is 31.4 Å². The summed E-state index contributed by atoms with van der Waals surface area (Å²) in [5, 5.41) is 0. The minimum atomic E-state index is -0.754. The van der Waals surface area contributed by atoms with Crippen LogP contribution in [0.15, 0.2) is 30.3 Å². The Hall–Kier alpha value is -1.55. The molecule has 0 N–H and O–H groups in total. The Bertz CT molecular complexity index is 485. The molecule has 0 atom stereocenters. The predicted molar refractivity (Wildman–Crippen MR) is 76.7 cm³/mol. The molecular weight excluding hydrogens is 278 g/mol. The Morgan fingerprint density at radius 1 is 1.30 bits per heavy atom. The fraction of sp³-hybridized carbons (Fsp3) is 0.467. The van der Waals surface area contributed by atoms with Crippen molar-refractivity contribution >= 4 is 23.5 Å². The average Bonchev–Trinajstić information content (AvgIpc) is 2.44. The third-order valence-electron chi connectivity index (χ3n) is 3.94. The number of hydrogen-bond acceptors (Lipinski definition) is 3. The molecule has 0 bridgehead atoms. The number of carbonyl (C=O) groups is 2. The molecule has 5 heteroatoms. The summed E-state index contributed by atoms with van der Waals surface area (Å²) in [5.41, 5.74) is 0.163. The first-order valence-corrected chi connectivity index (χ1v) is 7.17. The van der Waals surface area contributed by atoms with Crippen LogP contribution in [-0.4, -0.2) is 35.2 Å². The molecule has 4 nitrogen and oxygen atoms in total. The van der Waals surface area contributed by atoms with E-state index in [1.165, 1.54) is 4.90 Å². The zero-order chi connectivity index (χ0) is 14.6. The van der Waals surface area contributed by atoms with E-state index in [0.29, 0.717) is 12.8 Å². The Labute approximate surface area is 123 Å². The predicted octanol–water partition coefficient (Wildman–Crippen LogP) is 2.99. The molecule has 1 amide bonds. The quantitative estimate of drug-likeness (QED) is 0.785. The van der Waals surface area contributed by atoms with E-state index in [-0.39, 0.29) is 18.3 Å². The van der Waals surface area contributed by atoms with Crippen molar-refractivity contribution in [1.29, 1.82) is 0 Å². The van der Waals surface area contributed by atoms with Crippen LogP contribution in [0.3, 0.4) is 0 Å². The maximum absolute atomic E-state index is 12.1. The van der Waals surface area contributed by atoms with Crippen molar-refractivity contribution in [2.24, 2.45) is 0 Å². The van der Waals surface area contributed by atoms with Gasteiger partial charge in [0.1, 0.15) is 12.1 Å². The number of hydrogen-bond donors (Lipinski definition) is 0. The van der Waals surface area contributed by atoms with Crippen LogP contribution < -0.4 is 0 Å². The van der Waals surface area contributed by atoms with Crippen molar-refractivity contribution < 1.29 is 14.3 Å². The summed E-state index contributed by atoms with van der Waals surface area (Å²) in [6, 6.07) is 9.45. The largest absolute Gasteiger partial charge is 0.445 e. The van der Waals surface area contributed by atoms with E-state index in [2.05, 4.69) is 0 Å². The zero-order valence-electron chi connectivity index (χ0n) is 11.5. The summed E-state index contributed by atoms with van der Waals surface area (Å²) in [7, 11) is 1.61. The van der Waals surface area contributed by atoms with E-state index >= 15 is 0 Å². The number of rotatable bonds is 5. The molecule has 0 aliphatic heterocycles. The molecule has 1 aromatic carbocycles. The minimum Gasteiger partial charge on any atom is -0.445 e. The lowest BCUT2D eigenvalue weighted by molar-refractivity contribution is -0.132. The van der Waals surface area contributed by atoms with E-state index in [9.17, 15) is 9.59 Å². The first-order valence-electron chi connectivity index (χ1n) is 6.64. The molecule has 0 saturated heterocycles.